The third kappa shape index (κ3) is 41.6. The first-order chi connectivity index (χ1) is 27.4. The molecular weight excluding hydrogens is 741 g/mol. The molecule has 0 radical (unpaired) electrons. The highest BCUT2D eigenvalue weighted by Gasteiger charge is 2.27. The summed E-state index contributed by atoms with van der Waals surface area (Å²) in [6, 6.07) is 0. The predicted octanol–water partition coefficient (Wildman–Crippen LogP) is 11.9. The van der Waals surface area contributed by atoms with Crippen molar-refractivity contribution >= 4 is 25.5 Å². The first-order valence-electron chi connectivity index (χ1n) is 22.3. The highest BCUT2D eigenvalue weighted by molar-refractivity contribution is 7.47. The van der Waals surface area contributed by atoms with E-state index in [9.17, 15) is 23.8 Å². The Kier molecular flexibility index (Phi) is 36.3. The smallest absolute Gasteiger partial charge is 0.462 e. The van der Waals surface area contributed by atoms with Crippen molar-refractivity contribution in [2.45, 2.75) is 180 Å². The third-order valence-corrected chi connectivity index (χ3v) is 10.3. The Morgan fingerprint density at radius 1 is 0.596 bits per heavy atom. The number of likely N-dealkylation sites (N-methyl/N-ethyl adjacent to an activating group) is 1. The van der Waals surface area contributed by atoms with Gasteiger partial charge >= 0.3 is 19.8 Å². The monoisotopic (exact) mass is 825 g/mol. The van der Waals surface area contributed by atoms with E-state index in [1.807, 2.05) is 45.4 Å². The van der Waals surface area contributed by atoms with E-state index < -0.39 is 32.5 Å². The number of hydrogen-bond donors (Lipinski definition) is 1. The number of allylic oxidation sites excluding steroid dienone is 8. The molecule has 0 rings (SSSR count). The van der Waals surface area contributed by atoms with E-state index >= 15 is 0 Å². The van der Waals surface area contributed by atoms with Crippen LogP contribution < -0.4 is 0 Å². The van der Waals surface area contributed by atoms with Gasteiger partial charge in [0.15, 0.2) is 11.9 Å². The van der Waals surface area contributed by atoms with E-state index in [1.165, 1.54) is 70.6 Å². The first-order valence-corrected chi connectivity index (χ1v) is 23.8. The molecule has 1 unspecified atom stereocenters. The SMILES string of the molecule is CCCCCCCCCCCCCCCCCC(=O)O[C@H](COC(=O)CCC/C=C\C/C=C\C/C=C\C=C\C(=O)CCCCC)COP(=O)(O)OCC[N+](C)(C)C. The Morgan fingerprint density at radius 2 is 1.11 bits per heavy atom. The maximum absolute atomic E-state index is 12.7. The fraction of sp³-hybridized carbons (Fsp3) is 0.761. The van der Waals surface area contributed by atoms with Crippen molar-refractivity contribution in [2.24, 2.45) is 0 Å². The number of carbonyl (C=O) groups is 3. The topological polar surface area (TPSA) is 125 Å². The quantitative estimate of drug-likeness (QED) is 0.0122. The van der Waals surface area contributed by atoms with Crippen molar-refractivity contribution in [1.29, 1.82) is 0 Å². The number of unbranched alkanes of at least 4 members (excludes halogenated alkanes) is 17. The van der Waals surface area contributed by atoms with Crippen molar-refractivity contribution < 1.29 is 46.8 Å². The molecule has 0 spiro atoms. The van der Waals surface area contributed by atoms with Crippen molar-refractivity contribution in [3.05, 3.63) is 48.6 Å². The van der Waals surface area contributed by atoms with Gasteiger partial charge in [0.2, 0.25) is 0 Å². The zero-order valence-electron chi connectivity index (χ0n) is 36.8. The number of rotatable bonds is 40. The minimum Gasteiger partial charge on any atom is -0.462 e. The number of hydrogen-bond acceptors (Lipinski definition) is 8. The van der Waals surface area contributed by atoms with Crippen LogP contribution in [0.1, 0.15) is 174 Å². The van der Waals surface area contributed by atoms with E-state index in [0.29, 0.717) is 36.7 Å². The van der Waals surface area contributed by atoms with Gasteiger partial charge in [-0.2, -0.15) is 0 Å². The summed E-state index contributed by atoms with van der Waals surface area (Å²) in [5, 5.41) is 0. The van der Waals surface area contributed by atoms with E-state index in [1.54, 1.807) is 12.2 Å². The number of nitrogens with zero attached hydrogens (tertiary/aromatic N) is 1. The highest BCUT2D eigenvalue weighted by atomic mass is 31.2. The molecule has 0 bridgehead atoms. The van der Waals surface area contributed by atoms with Gasteiger partial charge in [0, 0.05) is 19.3 Å². The second kappa shape index (κ2) is 37.9. The lowest BCUT2D eigenvalue weighted by Gasteiger charge is -2.24. The van der Waals surface area contributed by atoms with Gasteiger partial charge in [-0.1, -0.05) is 159 Å². The molecule has 0 aromatic heterocycles. The van der Waals surface area contributed by atoms with Crippen LogP contribution in [0.2, 0.25) is 0 Å². The van der Waals surface area contributed by atoms with Crippen LogP contribution in [-0.2, 0) is 37.5 Å². The van der Waals surface area contributed by atoms with Crippen LogP contribution >= 0.6 is 7.82 Å². The molecule has 0 aliphatic rings. The minimum atomic E-state index is -4.40. The molecule has 0 aromatic carbocycles. The zero-order chi connectivity index (χ0) is 42.3. The molecule has 0 aliphatic carbocycles. The second-order valence-corrected chi connectivity index (χ2v) is 17.6. The van der Waals surface area contributed by atoms with Crippen molar-refractivity contribution in [3.8, 4) is 0 Å². The van der Waals surface area contributed by atoms with Gasteiger partial charge < -0.3 is 18.9 Å². The fourth-order valence-corrected chi connectivity index (χ4v) is 6.53. The molecule has 10 nitrogen and oxygen atoms in total. The number of ether oxygens (including phenoxy) is 2. The Morgan fingerprint density at radius 3 is 1.70 bits per heavy atom. The number of phosphoric acid groups is 1. The fourth-order valence-electron chi connectivity index (χ4n) is 5.78. The van der Waals surface area contributed by atoms with Crippen LogP contribution in [0.5, 0.6) is 0 Å². The molecule has 0 aliphatic heterocycles. The third-order valence-electron chi connectivity index (χ3n) is 9.34. The Bertz CT molecular complexity index is 1170. The standard InChI is InChI=1S/C46H82NO9P/c1-6-8-10-11-12-13-14-15-16-17-20-24-27-30-34-38-46(50)56-44(42-55-57(51,52)54-40-39-47(3,4)5)41-53-45(49)37-33-29-26-23-21-18-19-22-25-28-32-36-43(48)35-31-9-7-2/h18-19,23,25-26,28,32,36,44H,6-17,20-22,24,27,29-31,33-35,37-42H2,1-5H3/p+1/b19-18-,26-23-,28-25-,36-32+/t44-/m1/s1. The second-order valence-electron chi connectivity index (χ2n) is 16.1. The molecule has 330 valence electrons. The largest absolute Gasteiger partial charge is 0.472 e. The average Bonchev–Trinajstić information content (AvgIpc) is 3.15. The van der Waals surface area contributed by atoms with Gasteiger partial charge in [-0.15, -0.1) is 0 Å². The minimum absolute atomic E-state index is 0.0131. The summed E-state index contributed by atoms with van der Waals surface area (Å²) >= 11 is 0. The van der Waals surface area contributed by atoms with Crippen LogP contribution in [0.3, 0.4) is 0 Å². The average molecular weight is 825 g/mol. The lowest BCUT2D eigenvalue weighted by Crippen LogP contribution is -2.37. The lowest BCUT2D eigenvalue weighted by molar-refractivity contribution is -0.870. The molecule has 0 saturated carbocycles. The summed E-state index contributed by atoms with van der Waals surface area (Å²) in [4.78, 5) is 47.1. The molecule has 0 aromatic rings. The van der Waals surface area contributed by atoms with Gasteiger partial charge in [-0.3, -0.25) is 23.4 Å². The van der Waals surface area contributed by atoms with Gasteiger partial charge in [0.05, 0.1) is 27.7 Å². The van der Waals surface area contributed by atoms with Gasteiger partial charge in [-0.05, 0) is 44.6 Å². The van der Waals surface area contributed by atoms with E-state index in [2.05, 4.69) is 26.0 Å². The van der Waals surface area contributed by atoms with Gasteiger partial charge in [-0.25, -0.2) is 4.57 Å². The summed E-state index contributed by atoms with van der Waals surface area (Å²) in [5.74, 6) is -0.725. The van der Waals surface area contributed by atoms with Crippen molar-refractivity contribution in [3.63, 3.8) is 0 Å². The van der Waals surface area contributed by atoms with Crippen LogP contribution in [0.25, 0.3) is 0 Å². The zero-order valence-corrected chi connectivity index (χ0v) is 37.7. The molecule has 0 fully saturated rings. The summed E-state index contributed by atoms with van der Waals surface area (Å²) in [6.45, 7) is 4.18. The Hall–Kier alpha value is -2.36. The molecule has 0 amide bonds. The van der Waals surface area contributed by atoms with Crippen LogP contribution in [0.4, 0.5) is 0 Å². The summed E-state index contributed by atoms with van der Waals surface area (Å²) < 4.78 is 34.2. The summed E-state index contributed by atoms with van der Waals surface area (Å²) in [7, 11) is 1.41. The summed E-state index contributed by atoms with van der Waals surface area (Å²) in [5.41, 5.74) is 0. The number of esters is 2. The predicted molar refractivity (Wildman–Crippen MR) is 234 cm³/mol. The van der Waals surface area contributed by atoms with Crippen LogP contribution in [0.15, 0.2) is 48.6 Å². The normalized spacial score (nSPS) is 13.9. The Balaban J connectivity index is 4.48. The van der Waals surface area contributed by atoms with Crippen LogP contribution in [0, 0.1) is 0 Å². The molecular formula is C46H83NO9P+. The van der Waals surface area contributed by atoms with Crippen LogP contribution in [-0.4, -0.2) is 80.7 Å². The van der Waals surface area contributed by atoms with Crippen molar-refractivity contribution in [2.75, 3.05) is 47.5 Å². The number of quaternary nitrogens is 1. The molecule has 1 N–H and O–H groups in total. The van der Waals surface area contributed by atoms with E-state index in [-0.39, 0.29) is 31.8 Å². The van der Waals surface area contributed by atoms with Crippen molar-refractivity contribution in [1.82, 2.24) is 0 Å². The molecule has 0 heterocycles. The molecule has 0 saturated heterocycles. The number of ketones is 1. The van der Waals surface area contributed by atoms with E-state index in [0.717, 1.165) is 51.4 Å². The Labute approximate surface area is 348 Å². The van der Waals surface area contributed by atoms with Gasteiger partial charge in [0.1, 0.15) is 19.8 Å². The summed E-state index contributed by atoms with van der Waals surface area (Å²) in [6.07, 6.45) is 40.0. The molecule has 2 atom stereocenters. The number of carbonyl (C=O) groups excluding carboxylic acids is 3. The molecule has 11 heteroatoms. The maximum atomic E-state index is 12.7. The molecule has 57 heavy (non-hydrogen) atoms. The highest BCUT2D eigenvalue weighted by Crippen LogP contribution is 2.43. The number of phosphoric ester groups is 1. The van der Waals surface area contributed by atoms with E-state index in [4.69, 9.17) is 18.5 Å². The lowest BCUT2D eigenvalue weighted by atomic mass is 10.0. The first kappa shape index (κ1) is 54.6. The maximum Gasteiger partial charge on any atom is 0.472 e. The van der Waals surface area contributed by atoms with Gasteiger partial charge in [0.25, 0.3) is 0 Å².